The standard InChI is InChI=1S/C11H13BrClFO/c1-3-11(15,4-2)7-5-6-8(12)9(13)10(7)14/h5-6,15H,3-4H2,1-2H3. The lowest BCUT2D eigenvalue weighted by molar-refractivity contribution is 0.0248. The molecular weight excluding hydrogens is 282 g/mol. The fourth-order valence-electron chi connectivity index (χ4n) is 1.52. The van der Waals surface area contributed by atoms with Gasteiger partial charge in [0.05, 0.1) is 10.6 Å². The second-order valence-corrected chi connectivity index (χ2v) is 4.69. The Morgan fingerprint density at radius 1 is 1.40 bits per heavy atom. The van der Waals surface area contributed by atoms with Crippen molar-refractivity contribution in [2.75, 3.05) is 0 Å². The first-order chi connectivity index (χ1) is 6.96. The Bertz CT molecular complexity index is 364. The van der Waals surface area contributed by atoms with E-state index in [4.69, 9.17) is 11.6 Å². The highest BCUT2D eigenvalue weighted by Gasteiger charge is 2.29. The number of hydrogen-bond donors (Lipinski definition) is 1. The summed E-state index contributed by atoms with van der Waals surface area (Å²) in [4.78, 5) is 0. The molecule has 0 radical (unpaired) electrons. The van der Waals surface area contributed by atoms with Crippen LogP contribution in [0.4, 0.5) is 4.39 Å². The van der Waals surface area contributed by atoms with Crippen molar-refractivity contribution in [1.29, 1.82) is 0 Å². The summed E-state index contributed by atoms with van der Waals surface area (Å²) in [5.41, 5.74) is -0.866. The zero-order chi connectivity index (χ0) is 11.6. The van der Waals surface area contributed by atoms with Crippen molar-refractivity contribution in [2.45, 2.75) is 32.3 Å². The summed E-state index contributed by atoms with van der Waals surface area (Å²) >= 11 is 8.91. The first-order valence-electron chi connectivity index (χ1n) is 4.82. The van der Waals surface area contributed by atoms with E-state index < -0.39 is 11.4 Å². The van der Waals surface area contributed by atoms with Gasteiger partial charge in [0, 0.05) is 10.0 Å². The SMILES string of the molecule is CCC(O)(CC)c1ccc(Br)c(Cl)c1F. The van der Waals surface area contributed by atoms with Gasteiger partial charge in [0.25, 0.3) is 0 Å². The Morgan fingerprint density at radius 2 is 1.93 bits per heavy atom. The lowest BCUT2D eigenvalue weighted by Gasteiger charge is -2.26. The number of halogens is 3. The van der Waals surface area contributed by atoms with Crippen LogP contribution in [0.5, 0.6) is 0 Å². The van der Waals surface area contributed by atoms with Crippen LogP contribution in [-0.2, 0) is 5.60 Å². The van der Waals surface area contributed by atoms with Crippen LogP contribution in [0.3, 0.4) is 0 Å². The van der Waals surface area contributed by atoms with Crippen molar-refractivity contribution in [2.24, 2.45) is 0 Å². The number of hydrogen-bond acceptors (Lipinski definition) is 1. The van der Waals surface area contributed by atoms with Crippen LogP contribution in [0.1, 0.15) is 32.3 Å². The zero-order valence-corrected chi connectivity index (χ0v) is 11.0. The third kappa shape index (κ3) is 2.35. The average molecular weight is 296 g/mol. The molecular formula is C11H13BrClFO. The van der Waals surface area contributed by atoms with Crippen LogP contribution in [0.15, 0.2) is 16.6 Å². The minimum absolute atomic E-state index is 0.0211. The summed E-state index contributed by atoms with van der Waals surface area (Å²) in [6.45, 7) is 3.64. The molecule has 0 unspecified atom stereocenters. The van der Waals surface area contributed by atoms with E-state index in [1.54, 1.807) is 12.1 Å². The first kappa shape index (κ1) is 12.9. The Balaban J connectivity index is 3.32. The van der Waals surface area contributed by atoms with E-state index in [1.165, 1.54) is 0 Å². The van der Waals surface area contributed by atoms with E-state index in [9.17, 15) is 9.50 Å². The maximum absolute atomic E-state index is 13.8. The van der Waals surface area contributed by atoms with E-state index in [0.29, 0.717) is 17.3 Å². The summed E-state index contributed by atoms with van der Waals surface area (Å²) in [7, 11) is 0. The second-order valence-electron chi connectivity index (χ2n) is 3.46. The fourth-order valence-corrected chi connectivity index (χ4v) is 1.99. The maximum atomic E-state index is 13.8. The van der Waals surface area contributed by atoms with E-state index in [1.807, 2.05) is 13.8 Å². The van der Waals surface area contributed by atoms with Gasteiger partial charge >= 0.3 is 0 Å². The molecule has 1 rings (SSSR count). The minimum Gasteiger partial charge on any atom is -0.385 e. The lowest BCUT2D eigenvalue weighted by atomic mass is 9.88. The molecule has 0 saturated heterocycles. The molecule has 0 amide bonds. The van der Waals surface area contributed by atoms with Crippen molar-refractivity contribution in [3.8, 4) is 0 Å². The summed E-state index contributed by atoms with van der Waals surface area (Å²) in [6.07, 6.45) is 0.913. The van der Waals surface area contributed by atoms with Crippen LogP contribution in [0.2, 0.25) is 5.02 Å². The highest BCUT2D eigenvalue weighted by atomic mass is 79.9. The third-order valence-corrected chi connectivity index (χ3v) is 3.96. The molecule has 0 heterocycles. The van der Waals surface area contributed by atoms with Gasteiger partial charge in [0.1, 0.15) is 5.82 Å². The molecule has 0 bridgehead atoms. The fraction of sp³-hybridized carbons (Fsp3) is 0.455. The monoisotopic (exact) mass is 294 g/mol. The summed E-state index contributed by atoms with van der Waals surface area (Å²) in [5, 5.41) is 10.2. The normalized spacial score (nSPS) is 11.9. The molecule has 15 heavy (non-hydrogen) atoms. The van der Waals surface area contributed by atoms with Gasteiger partial charge < -0.3 is 5.11 Å². The van der Waals surface area contributed by atoms with Crippen molar-refractivity contribution < 1.29 is 9.50 Å². The van der Waals surface area contributed by atoms with Crippen LogP contribution >= 0.6 is 27.5 Å². The van der Waals surface area contributed by atoms with E-state index in [0.717, 1.165) is 0 Å². The molecule has 0 aliphatic carbocycles. The predicted molar refractivity (Wildman–Crippen MR) is 63.6 cm³/mol. The highest BCUT2D eigenvalue weighted by molar-refractivity contribution is 9.10. The van der Waals surface area contributed by atoms with Gasteiger partial charge in [-0.25, -0.2) is 4.39 Å². The largest absolute Gasteiger partial charge is 0.385 e. The van der Waals surface area contributed by atoms with Crippen LogP contribution in [0.25, 0.3) is 0 Å². The van der Waals surface area contributed by atoms with Gasteiger partial charge in [-0.2, -0.15) is 0 Å². The number of rotatable bonds is 3. The van der Waals surface area contributed by atoms with Crippen LogP contribution in [-0.4, -0.2) is 5.11 Å². The van der Waals surface area contributed by atoms with E-state index in [2.05, 4.69) is 15.9 Å². The smallest absolute Gasteiger partial charge is 0.149 e. The van der Waals surface area contributed by atoms with Gasteiger partial charge in [-0.15, -0.1) is 0 Å². The summed E-state index contributed by atoms with van der Waals surface area (Å²) < 4.78 is 14.3. The molecule has 84 valence electrons. The van der Waals surface area contributed by atoms with Gasteiger partial charge in [0.2, 0.25) is 0 Å². The molecule has 1 aromatic rings. The predicted octanol–water partition coefficient (Wildman–Crippen LogP) is 4.25. The van der Waals surface area contributed by atoms with Crippen molar-refractivity contribution in [3.63, 3.8) is 0 Å². The van der Waals surface area contributed by atoms with Crippen molar-refractivity contribution >= 4 is 27.5 Å². The Hall–Kier alpha value is -0.120. The van der Waals surface area contributed by atoms with Crippen molar-refractivity contribution in [3.05, 3.63) is 33.0 Å². The molecule has 0 saturated carbocycles. The highest BCUT2D eigenvalue weighted by Crippen LogP contribution is 2.36. The molecule has 0 atom stereocenters. The van der Waals surface area contributed by atoms with E-state index in [-0.39, 0.29) is 10.6 Å². The molecule has 0 fully saturated rings. The van der Waals surface area contributed by atoms with Gasteiger partial charge in [-0.1, -0.05) is 31.5 Å². The molecule has 1 aromatic carbocycles. The third-order valence-electron chi connectivity index (χ3n) is 2.71. The molecule has 0 aliphatic rings. The number of aliphatic hydroxyl groups is 1. The lowest BCUT2D eigenvalue weighted by Crippen LogP contribution is -2.25. The number of benzene rings is 1. The molecule has 4 heteroatoms. The quantitative estimate of drug-likeness (QED) is 0.827. The average Bonchev–Trinajstić information content (AvgIpc) is 2.25. The molecule has 0 aromatic heterocycles. The molecule has 1 N–H and O–H groups in total. The van der Waals surface area contributed by atoms with Crippen LogP contribution < -0.4 is 0 Å². The minimum atomic E-state index is -1.13. The molecule has 1 nitrogen and oxygen atoms in total. The zero-order valence-electron chi connectivity index (χ0n) is 8.65. The maximum Gasteiger partial charge on any atom is 0.149 e. The van der Waals surface area contributed by atoms with Gasteiger partial charge in [-0.05, 0) is 34.8 Å². The van der Waals surface area contributed by atoms with Gasteiger partial charge in [0.15, 0.2) is 0 Å². The Morgan fingerprint density at radius 3 is 2.40 bits per heavy atom. The topological polar surface area (TPSA) is 20.2 Å². The first-order valence-corrected chi connectivity index (χ1v) is 5.99. The van der Waals surface area contributed by atoms with Gasteiger partial charge in [-0.3, -0.25) is 0 Å². The summed E-state index contributed by atoms with van der Waals surface area (Å²) in [6, 6.07) is 3.22. The van der Waals surface area contributed by atoms with Crippen LogP contribution in [0, 0.1) is 5.82 Å². The molecule has 0 spiro atoms. The summed E-state index contributed by atoms with van der Waals surface area (Å²) in [5.74, 6) is -0.544. The molecule has 0 aliphatic heterocycles. The van der Waals surface area contributed by atoms with Crippen molar-refractivity contribution in [1.82, 2.24) is 0 Å². The van der Waals surface area contributed by atoms with E-state index >= 15 is 0 Å². The Labute approximate surface area is 102 Å². The second kappa shape index (κ2) is 4.81. The Kier molecular flexibility index (Phi) is 4.15.